The van der Waals surface area contributed by atoms with Gasteiger partial charge in [0.15, 0.2) is 0 Å². The van der Waals surface area contributed by atoms with Crippen LogP contribution in [0.3, 0.4) is 0 Å². The third-order valence-corrected chi connectivity index (χ3v) is 5.78. The number of amides is 1. The van der Waals surface area contributed by atoms with E-state index in [2.05, 4.69) is 0 Å². The molecule has 0 aromatic heterocycles. The molecule has 1 aliphatic rings. The fourth-order valence-electron chi connectivity index (χ4n) is 2.79. The first kappa shape index (κ1) is 20.2. The number of hydrogen-bond donors (Lipinski definition) is 0. The highest BCUT2D eigenvalue weighted by atomic mass is 32.2. The molecule has 1 aromatic rings. The quantitative estimate of drug-likeness (QED) is 0.311. The first-order valence-corrected chi connectivity index (χ1v) is 9.77. The second-order valence-electron chi connectivity index (χ2n) is 6.52. The molecule has 0 spiro atoms. The highest BCUT2D eigenvalue weighted by Crippen LogP contribution is 2.36. The van der Waals surface area contributed by atoms with E-state index in [1.54, 1.807) is 0 Å². The fourth-order valence-corrected chi connectivity index (χ4v) is 4.26. The lowest BCUT2D eigenvalue weighted by Crippen LogP contribution is -2.47. The largest absolute Gasteiger partial charge is 0.464 e. The van der Waals surface area contributed by atoms with Gasteiger partial charge in [-0.1, -0.05) is 33.3 Å². The van der Waals surface area contributed by atoms with Gasteiger partial charge < -0.3 is 9.64 Å². The molecule has 0 aliphatic carbocycles. The van der Waals surface area contributed by atoms with Crippen LogP contribution in [0.25, 0.3) is 0 Å². The minimum Gasteiger partial charge on any atom is -0.464 e. The Kier molecular flexibility index (Phi) is 7.02. The van der Waals surface area contributed by atoms with Crippen molar-refractivity contribution in [1.29, 1.82) is 0 Å². The number of nitrogens with zero attached hydrogens (tertiary/aromatic N) is 2. The number of unbranched alkanes of at least 4 members (excludes halogenated alkanes) is 1. The van der Waals surface area contributed by atoms with Gasteiger partial charge in [-0.25, -0.2) is 4.79 Å². The standard InChI is InChI=1S/C18H24N2O5S/c1-4-5-9-25-18(22)15-11-26-17(12(2)3)19(15)16(21)13-7-6-8-14(10-13)20(23)24/h6-8,10,12,15,17H,4-5,9,11H2,1-3H3/t15-,17+/m0/s1. The topological polar surface area (TPSA) is 89.8 Å². The number of non-ortho nitro benzene ring substituents is 1. The third-order valence-electron chi connectivity index (χ3n) is 4.16. The van der Waals surface area contributed by atoms with Crippen molar-refractivity contribution in [2.24, 2.45) is 5.92 Å². The molecule has 2 rings (SSSR count). The molecule has 0 bridgehead atoms. The van der Waals surface area contributed by atoms with Gasteiger partial charge in [-0.2, -0.15) is 0 Å². The van der Waals surface area contributed by atoms with Crippen LogP contribution in [0.2, 0.25) is 0 Å². The first-order valence-electron chi connectivity index (χ1n) is 8.72. The van der Waals surface area contributed by atoms with Gasteiger partial charge in [0.25, 0.3) is 11.6 Å². The molecule has 1 aliphatic heterocycles. The molecule has 142 valence electrons. The summed E-state index contributed by atoms with van der Waals surface area (Å²) in [7, 11) is 0. The molecule has 7 nitrogen and oxygen atoms in total. The van der Waals surface area contributed by atoms with Crippen LogP contribution < -0.4 is 0 Å². The van der Waals surface area contributed by atoms with Crippen LogP contribution >= 0.6 is 11.8 Å². The Hall–Kier alpha value is -2.09. The summed E-state index contributed by atoms with van der Waals surface area (Å²) >= 11 is 1.54. The zero-order valence-corrected chi connectivity index (χ0v) is 16.0. The average Bonchev–Trinajstić information content (AvgIpc) is 3.06. The molecule has 0 radical (unpaired) electrons. The minimum absolute atomic E-state index is 0.135. The Morgan fingerprint density at radius 2 is 2.15 bits per heavy atom. The molecular formula is C18H24N2O5S. The number of rotatable bonds is 7. The zero-order chi connectivity index (χ0) is 19.3. The minimum atomic E-state index is -0.670. The van der Waals surface area contributed by atoms with Gasteiger partial charge in [-0.15, -0.1) is 11.8 Å². The van der Waals surface area contributed by atoms with Crippen LogP contribution in [0.4, 0.5) is 5.69 Å². The van der Waals surface area contributed by atoms with E-state index in [0.29, 0.717) is 12.4 Å². The second-order valence-corrected chi connectivity index (χ2v) is 7.67. The van der Waals surface area contributed by atoms with Gasteiger partial charge in [0.05, 0.1) is 16.9 Å². The molecule has 1 amide bonds. The normalized spacial score (nSPS) is 19.6. The summed E-state index contributed by atoms with van der Waals surface area (Å²) in [6.07, 6.45) is 1.69. The Morgan fingerprint density at radius 1 is 1.42 bits per heavy atom. The Bertz CT molecular complexity index is 679. The molecule has 26 heavy (non-hydrogen) atoms. The highest BCUT2D eigenvalue weighted by Gasteiger charge is 2.44. The number of ether oxygens (including phenoxy) is 1. The van der Waals surface area contributed by atoms with E-state index in [0.717, 1.165) is 12.8 Å². The van der Waals surface area contributed by atoms with Crippen LogP contribution in [-0.2, 0) is 9.53 Å². The van der Waals surface area contributed by atoms with E-state index in [-0.39, 0.29) is 28.4 Å². The number of carbonyl (C=O) groups is 2. The second kappa shape index (κ2) is 9.02. The lowest BCUT2D eigenvalue weighted by Gasteiger charge is -2.30. The lowest BCUT2D eigenvalue weighted by molar-refractivity contribution is -0.384. The zero-order valence-electron chi connectivity index (χ0n) is 15.2. The predicted octanol–water partition coefficient (Wildman–Crippen LogP) is 3.48. The maximum Gasteiger partial charge on any atom is 0.329 e. The van der Waals surface area contributed by atoms with E-state index in [1.807, 2.05) is 20.8 Å². The SMILES string of the molecule is CCCCOC(=O)[C@@H]1CS[C@H](C(C)C)N1C(=O)c1cccc([N+](=O)[O-])c1. The molecule has 8 heteroatoms. The summed E-state index contributed by atoms with van der Waals surface area (Å²) in [5.41, 5.74) is 0.0598. The Labute approximate surface area is 157 Å². The first-order chi connectivity index (χ1) is 12.4. The van der Waals surface area contributed by atoms with Crippen LogP contribution in [0, 0.1) is 16.0 Å². The van der Waals surface area contributed by atoms with Crippen molar-refractivity contribution in [3.8, 4) is 0 Å². The van der Waals surface area contributed by atoms with Crippen molar-refractivity contribution in [2.75, 3.05) is 12.4 Å². The van der Waals surface area contributed by atoms with Crippen molar-refractivity contribution >= 4 is 29.3 Å². The summed E-state index contributed by atoms with van der Waals surface area (Å²) in [5, 5.41) is 10.8. The number of hydrogen-bond acceptors (Lipinski definition) is 6. The van der Waals surface area contributed by atoms with E-state index in [9.17, 15) is 19.7 Å². The maximum absolute atomic E-state index is 13.1. The number of carbonyl (C=O) groups excluding carboxylic acids is 2. The van der Waals surface area contributed by atoms with Crippen LogP contribution in [0.5, 0.6) is 0 Å². The van der Waals surface area contributed by atoms with Crippen molar-refractivity contribution < 1.29 is 19.2 Å². The number of esters is 1. The Morgan fingerprint density at radius 3 is 2.77 bits per heavy atom. The Balaban J connectivity index is 2.27. The number of benzene rings is 1. The van der Waals surface area contributed by atoms with Crippen LogP contribution in [0.15, 0.2) is 24.3 Å². The van der Waals surface area contributed by atoms with Crippen molar-refractivity contribution in [3.63, 3.8) is 0 Å². The van der Waals surface area contributed by atoms with Crippen LogP contribution in [-0.4, -0.2) is 45.5 Å². The summed E-state index contributed by atoms with van der Waals surface area (Å²) in [6, 6.07) is 4.94. The predicted molar refractivity (Wildman–Crippen MR) is 100 cm³/mol. The summed E-state index contributed by atoms with van der Waals surface area (Å²) in [5.74, 6) is -0.187. The summed E-state index contributed by atoms with van der Waals surface area (Å²) in [6.45, 7) is 6.31. The van der Waals surface area contributed by atoms with Gasteiger partial charge in [-0.3, -0.25) is 14.9 Å². The van der Waals surface area contributed by atoms with Gasteiger partial charge in [0.1, 0.15) is 6.04 Å². The number of nitro benzene ring substituents is 1. The molecule has 1 heterocycles. The third kappa shape index (κ3) is 4.55. The van der Waals surface area contributed by atoms with Gasteiger partial charge in [0, 0.05) is 23.4 Å². The van der Waals surface area contributed by atoms with Gasteiger partial charge in [0.2, 0.25) is 0 Å². The smallest absolute Gasteiger partial charge is 0.329 e. The van der Waals surface area contributed by atoms with Crippen molar-refractivity contribution in [3.05, 3.63) is 39.9 Å². The molecule has 0 N–H and O–H groups in total. The van der Waals surface area contributed by atoms with E-state index in [1.165, 1.54) is 40.9 Å². The summed E-state index contributed by atoms with van der Waals surface area (Å²) < 4.78 is 5.32. The van der Waals surface area contributed by atoms with E-state index in [4.69, 9.17) is 4.74 Å². The highest BCUT2D eigenvalue weighted by molar-refractivity contribution is 8.00. The van der Waals surface area contributed by atoms with Crippen molar-refractivity contribution in [2.45, 2.75) is 45.0 Å². The fraction of sp³-hybridized carbons (Fsp3) is 0.556. The average molecular weight is 380 g/mol. The van der Waals surface area contributed by atoms with Gasteiger partial charge in [-0.05, 0) is 18.4 Å². The van der Waals surface area contributed by atoms with Gasteiger partial charge >= 0.3 is 5.97 Å². The number of thioether (sulfide) groups is 1. The number of nitro groups is 1. The van der Waals surface area contributed by atoms with Crippen LogP contribution in [0.1, 0.15) is 44.0 Å². The van der Waals surface area contributed by atoms with E-state index >= 15 is 0 Å². The molecule has 0 saturated carbocycles. The van der Waals surface area contributed by atoms with E-state index < -0.39 is 16.9 Å². The monoisotopic (exact) mass is 380 g/mol. The summed E-state index contributed by atoms with van der Waals surface area (Å²) in [4.78, 5) is 37.5. The molecule has 0 unspecified atom stereocenters. The molecule has 2 atom stereocenters. The molecule has 1 aromatic carbocycles. The molecular weight excluding hydrogens is 356 g/mol. The lowest BCUT2D eigenvalue weighted by atomic mass is 10.1. The maximum atomic E-state index is 13.1. The molecule has 1 fully saturated rings. The molecule has 1 saturated heterocycles. The van der Waals surface area contributed by atoms with Crippen molar-refractivity contribution in [1.82, 2.24) is 4.90 Å².